The van der Waals surface area contributed by atoms with Crippen LogP contribution in [0.1, 0.15) is 12.5 Å². The van der Waals surface area contributed by atoms with Crippen LogP contribution in [0.4, 0.5) is 17.1 Å². The van der Waals surface area contributed by atoms with E-state index in [2.05, 4.69) is 101 Å². The first-order valence-corrected chi connectivity index (χ1v) is 15.8. The van der Waals surface area contributed by atoms with E-state index in [-0.39, 0.29) is 31.2 Å². The molecule has 0 saturated heterocycles. The summed E-state index contributed by atoms with van der Waals surface area (Å²) in [4.78, 5) is 14.3. The molecule has 2 heterocycles. The number of aliphatic hydroxyl groups is 1. The third kappa shape index (κ3) is 3.94. The Hall–Kier alpha value is -5.68. The van der Waals surface area contributed by atoms with Crippen LogP contribution in [0.2, 0.25) is 5.82 Å². The highest BCUT2D eigenvalue weighted by Gasteiger charge is 2.39. The van der Waals surface area contributed by atoms with Crippen LogP contribution in [-0.4, -0.2) is 24.7 Å². The van der Waals surface area contributed by atoms with Gasteiger partial charge in [-0.3, -0.25) is 4.79 Å². The number of rotatable bonds is 3. The molecule has 2 aliphatic heterocycles. The van der Waals surface area contributed by atoms with Gasteiger partial charge in [0.15, 0.2) is 0 Å². The summed E-state index contributed by atoms with van der Waals surface area (Å²) in [6, 6.07) is 41.1. The van der Waals surface area contributed by atoms with Gasteiger partial charge in [-0.05, 0) is 44.6 Å². The van der Waals surface area contributed by atoms with E-state index in [0.29, 0.717) is 16.7 Å². The highest BCUT2D eigenvalue weighted by atomic mass is 16.3. The van der Waals surface area contributed by atoms with E-state index < -0.39 is 0 Å². The third-order valence-electron chi connectivity index (χ3n) is 9.74. The van der Waals surface area contributed by atoms with E-state index in [4.69, 9.17) is 0 Å². The first-order chi connectivity index (χ1) is 22.6. The normalized spacial score (nSPS) is 17.9. The minimum atomic E-state index is -0.185. The number of benzene rings is 6. The van der Waals surface area contributed by atoms with Crippen molar-refractivity contribution < 1.29 is 9.90 Å². The molecule has 6 aromatic rings. The van der Waals surface area contributed by atoms with Crippen molar-refractivity contribution in [2.75, 3.05) is 15.7 Å². The second-order valence-electron chi connectivity index (χ2n) is 12.4. The molecule has 46 heavy (non-hydrogen) atoms. The summed E-state index contributed by atoms with van der Waals surface area (Å²) in [7, 11) is 0. The molecule has 218 valence electrons. The van der Waals surface area contributed by atoms with Crippen LogP contribution in [-0.2, 0) is 4.79 Å². The number of ketones is 1. The molecule has 6 aromatic carbocycles. The summed E-state index contributed by atoms with van der Waals surface area (Å²) >= 11 is 0. The maximum Gasteiger partial charge on any atom is 0.406 e. The van der Waals surface area contributed by atoms with Gasteiger partial charge in [-0.1, -0.05) is 128 Å². The zero-order valence-electron chi connectivity index (χ0n) is 25.2. The van der Waals surface area contributed by atoms with E-state index in [1.54, 1.807) is 0 Å². The number of Topliss-reactive ketones (excluding diaryl/α,β-unsaturated/α-hetero) is 1. The Morgan fingerprint density at radius 2 is 1.28 bits per heavy atom. The summed E-state index contributed by atoms with van der Waals surface area (Å²) in [5.41, 5.74) is 6.59. The lowest BCUT2D eigenvalue weighted by Crippen LogP contribution is -2.48. The van der Waals surface area contributed by atoms with E-state index in [0.717, 1.165) is 54.5 Å². The number of hydrogen-bond acceptors (Lipinski definition) is 5. The average molecular weight is 593 g/mol. The number of hydrogen-bond donors (Lipinski definition) is 4. The smallest absolute Gasteiger partial charge is 0.406 e. The predicted octanol–water partition coefficient (Wildman–Crippen LogP) is 5.42. The maximum atomic E-state index is 14.3. The van der Waals surface area contributed by atoms with E-state index in [1.165, 1.54) is 5.46 Å². The second kappa shape index (κ2) is 10.2. The van der Waals surface area contributed by atoms with Gasteiger partial charge in [0.05, 0.1) is 11.1 Å². The molecule has 0 bridgehead atoms. The highest BCUT2D eigenvalue weighted by Crippen LogP contribution is 2.45. The van der Waals surface area contributed by atoms with Gasteiger partial charge >= 0.3 is 6.98 Å². The Morgan fingerprint density at radius 1 is 0.630 bits per heavy atom. The number of allylic oxidation sites excluding steroid dienone is 2. The first kappa shape index (κ1) is 26.7. The van der Waals surface area contributed by atoms with Crippen LogP contribution in [0.3, 0.4) is 0 Å². The van der Waals surface area contributed by atoms with Crippen molar-refractivity contribution in [2.24, 2.45) is 0 Å². The fourth-order valence-electron chi connectivity index (χ4n) is 7.53. The fraction of sp³-hybridized carbons (Fsp3) is 0.0513. The van der Waals surface area contributed by atoms with Crippen LogP contribution in [0.15, 0.2) is 127 Å². The molecule has 0 saturated carbocycles. The lowest BCUT2D eigenvalue weighted by atomic mass is 9.47. The summed E-state index contributed by atoms with van der Waals surface area (Å²) in [5.74, 6) is 0.0178. The fourth-order valence-corrected chi connectivity index (χ4v) is 7.53. The van der Waals surface area contributed by atoms with Crippen LogP contribution in [0.5, 0.6) is 0 Å². The molecular weight excluding hydrogens is 564 g/mol. The molecule has 0 spiro atoms. The summed E-state index contributed by atoms with van der Waals surface area (Å²) < 4.78 is 0. The Labute approximate surface area is 267 Å². The van der Waals surface area contributed by atoms with E-state index in [1.807, 2.05) is 48.5 Å². The lowest BCUT2D eigenvalue weighted by Gasteiger charge is -2.31. The van der Waals surface area contributed by atoms with Gasteiger partial charge in [0.2, 0.25) is 5.78 Å². The standard InChI is InChI=1S/C39H29B2N3O2/c1-23-22-30-28(20-18-24-10-8-16-31(33(24)30)42-40(23)26-12-4-2-5-13-26)35-38(45)36(39(35)46)29-21-19-25-11-9-17-32-34(25)37(29)44-41(43-32)27-14-6-3-7-15-27/h2-23,42-45H,1H3. The number of aliphatic hydroxyl groups excluding tert-OH is 1. The Bertz CT molecular complexity index is 2410. The molecule has 9 rings (SSSR count). The van der Waals surface area contributed by atoms with Crippen LogP contribution < -0.4 is 37.0 Å². The van der Waals surface area contributed by atoms with Crippen molar-refractivity contribution in [3.8, 4) is 0 Å². The van der Waals surface area contributed by atoms with Gasteiger partial charge in [0.25, 0.3) is 6.85 Å². The van der Waals surface area contributed by atoms with Crippen LogP contribution in [0, 0.1) is 0 Å². The molecule has 1 atom stereocenters. The second-order valence-corrected chi connectivity index (χ2v) is 12.4. The van der Waals surface area contributed by atoms with Crippen molar-refractivity contribution in [3.05, 3.63) is 143 Å². The van der Waals surface area contributed by atoms with Gasteiger partial charge in [0, 0.05) is 33.4 Å². The molecule has 4 N–H and O–H groups in total. The molecule has 7 heteroatoms. The Balaban J connectivity index is 1.24. The topological polar surface area (TPSA) is 73.4 Å². The lowest BCUT2D eigenvalue weighted by molar-refractivity contribution is -0.109. The quantitative estimate of drug-likeness (QED) is 0.206. The average Bonchev–Trinajstić information content (AvgIpc) is 3.25. The molecule has 0 amide bonds. The van der Waals surface area contributed by atoms with Crippen molar-refractivity contribution in [1.29, 1.82) is 0 Å². The zero-order valence-corrected chi connectivity index (χ0v) is 25.2. The number of carbonyl (C=O) groups is 1. The Kier molecular flexibility index (Phi) is 5.91. The largest absolute Gasteiger partial charge is 0.506 e. The molecule has 0 radical (unpaired) electrons. The molecule has 0 fully saturated rings. The third-order valence-corrected chi connectivity index (χ3v) is 9.74. The molecular formula is C39H29B2N3O2. The molecule has 1 unspecified atom stereocenters. The predicted molar refractivity (Wildman–Crippen MR) is 194 cm³/mol. The highest BCUT2D eigenvalue weighted by molar-refractivity contribution is 6.80. The minimum Gasteiger partial charge on any atom is -0.506 e. The SMILES string of the molecule is CC1C=c2c(=C3C(=O)C(c4ccc5cccc6c5c4NB(c4ccccc4)N6)=C3O)ccc3cccc(c23)NB1c1ccccc1. The maximum absolute atomic E-state index is 14.3. The molecule has 5 nitrogen and oxygen atoms in total. The van der Waals surface area contributed by atoms with Crippen LogP contribution in [0.25, 0.3) is 38.8 Å². The molecule has 0 aromatic heterocycles. The number of carbonyl (C=O) groups excluding carboxylic acids is 1. The number of nitrogens with one attached hydrogen (secondary N) is 3. The van der Waals surface area contributed by atoms with Gasteiger partial charge in [0.1, 0.15) is 5.76 Å². The van der Waals surface area contributed by atoms with Crippen LogP contribution >= 0.6 is 0 Å². The van der Waals surface area contributed by atoms with Crippen molar-refractivity contribution in [2.45, 2.75) is 12.7 Å². The van der Waals surface area contributed by atoms with Gasteiger partial charge in [-0.25, -0.2) is 0 Å². The van der Waals surface area contributed by atoms with Gasteiger partial charge in [-0.15, -0.1) is 0 Å². The van der Waals surface area contributed by atoms with E-state index >= 15 is 0 Å². The van der Waals surface area contributed by atoms with Gasteiger partial charge < -0.3 is 20.8 Å². The van der Waals surface area contributed by atoms with Crippen molar-refractivity contribution >= 4 is 86.4 Å². The summed E-state index contributed by atoms with van der Waals surface area (Å²) in [5, 5.41) is 28.8. The van der Waals surface area contributed by atoms with Crippen molar-refractivity contribution in [3.63, 3.8) is 0 Å². The minimum absolute atomic E-state index is 0.0422. The zero-order chi connectivity index (χ0) is 30.9. The van der Waals surface area contributed by atoms with Gasteiger partial charge in [-0.2, -0.15) is 0 Å². The molecule has 3 aliphatic rings. The summed E-state index contributed by atoms with van der Waals surface area (Å²) in [6.07, 6.45) is 2.26. The Morgan fingerprint density at radius 3 is 2.00 bits per heavy atom. The van der Waals surface area contributed by atoms with E-state index in [9.17, 15) is 9.90 Å². The monoisotopic (exact) mass is 593 g/mol. The number of anilines is 3. The van der Waals surface area contributed by atoms with Crippen molar-refractivity contribution in [1.82, 2.24) is 0 Å². The first-order valence-electron chi connectivity index (χ1n) is 15.8. The summed E-state index contributed by atoms with van der Waals surface area (Å²) in [6.45, 7) is 2.08. The molecule has 1 aliphatic carbocycles.